The number of nitrogens with two attached hydrogens (primary N) is 1. The summed E-state index contributed by atoms with van der Waals surface area (Å²) in [6.07, 6.45) is -6.84. The van der Waals surface area contributed by atoms with Gasteiger partial charge in [0.05, 0.1) is 6.33 Å². The molecule has 0 amide bonds. The van der Waals surface area contributed by atoms with Gasteiger partial charge in [0, 0.05) is 0 Å². The van der Waals surface area contributed by atoms with Crippen molar-refractivity contribution in [3.63, 3.8) is 0 Å². The summed E-state index contributed by atoms with van der Waals surface area (Å²) in [5.41, 5.74) is 5.34. The molecule has 1 aliphatic heterocycles. The van der Waals surface area contributed by atoms with E-state index in [0.29, 0.717) is 0 Å². The Hall–Kier alpha value is -1.73. The molecule has 2 aromatic rings. The molecular formula is C10H13FN5O7P. The lowest BCUT2D eigenvalue weighted by molar-refractivity contribution is -0.0664. The van der Waals surface area contributed by atoms with Crippen LogP contribution in [0, 0.1) is 6.08 Å². The highest BCUT2D eigenvalue weighted by molar-refractivity contribution is 7.52. The van der Waals surface area contributed by atoms with Crippen molar-refractivity contribution in [2.75, 3.05) is 5.73 Å². The van der Waals surface area contributed by atoms with Crippen molar-refractivity contribution < 1.29 is 38.8 Å². The molecule has 0 radical (unpaired) electrons. The number of anilines is 1. The molecule has 1 fully saturated rings. The highest BCUT2D eigenvalue weighted by atomic mass is 31.2. The number of hydrogen-bond acceptors (Lipinski definition) is 9. The summed E-state index contributed by atoms with van der Waals surface area (Å²) in [7, 11) is -5.01. The molecule has 1 saturated heterocycles. The van der Waals surface area contributed by atoms with Crippen molar-refractivity contribution in [3.05, 3.63) is 12.4 Å². The minimum atomic E-state index is -5.01. The van der Waals surface area contributed by atoms with Crippen LogP contribution in [0.3, 0.4) is 0 Å². The van der Waals surface area contributed by atoms with Gasteiger partial charge in [-0.1, -0.05) is 0 Å². The number of imidazole rings is 1. The normalized spacial score (nSPS) is 29.2. The molecule has 0 aromatic carbocycles. The zero-order valence-electron chi connectivity index (χ0n) is 11.7. The summed E-state index contributed by atoms with van der Waals surface area (Å²) in [5.74, 6) is -2.63. The van der Waals surface area contributed by atoms with Gasteiger partial charge < -0.3 is 35.6 Å². The Morgan fingerprint density at radius 1 is 1.33 bits per heavy atom. The van der Waals surface area contributed by atoms with Gasteiger partial charge in [0.25, 0.3) is 0 Å². The molecule has 14 heteroatoms. The minimum Gasteiger partial charge on any atom is -0.387 e. The molecule has 1 aliphatic rings. The standard InChI is InChI=1S/C10H13FN5O7P/c11-10-14-6(12)2-7(15-10)16(1-13-2)8-4(18)3(17)5(23-8)9(19)24(20,21)22/h1,3-5,8-9,17-19H,(H2,12,14,15)(H2,20,21,22)/t3-,4-,5-,8+,9?/m0/s1. The summed E-state index contributed by atoms with van der Waals surface area (Å²) in [6, 6.07) is 0. The third-order valence-corrected chi connectivity index (χ3v) is 4.59. The molecule has 0 bridgehead atoms. The highest BCUT2D eigenvalue weighted by Gasteiger charge is 2.51. The van der Waals surface area contributed by atoms with E-state index in [9.17, 15) is 24.3 Å². The zero-order valence-corrected chi connectivity index (χ0v) is 12.6. The Morgan fingerprint density at radius 3 is 2.62 bits per heavy atom. The van der Waals surface area contributed by atoms with Crippen molar-refractivity contribution in [2.24, 2.45) is 0 Å². The number of aliphatic hydroxyl groups excluding tert-OH is 3. The molecule has 0 spiro atoms. The monoisotopic (exact) mass is 365 g/mol. The molecule has 0 aliphatic carbocycles. The highest BCUT2D eigenvalue weighted by Crippen LogP contribution is 2.46. The van der Waals surface area contributed by atoms with Gasteiger partial charge in [-0.3, -0.25) is 9.13 Å². The first kappa shape index (κ1) is 17.1. The van der Waals surface area contributed by atoms with Gasteiger partial charge >= 0.3 is 13.7 Å². The summed E-state index contributed by atoms with van der Waals surface area (Å²) in [6.45, 7) is 0. The van der Waals surface area contributed by atoms with E-state index in [-0.39, 0.29) is 17.0 Å². The van der Waals surface area contributed by atoms with Gasteiger partial charge in [0.2, 0.25) is 0 Å². The first-order chi connectivity index (χ1) is 11.1. The average Bonchev–Trinajstić information content (AvgIpc) is 3.00. The fourth-order valence-corrected chi connectivity index (χ4v) is 3.08. The number of fused-ring (bicyclic) bond motifs is 1. The van der Waals surface area contributed by atoms with Gasteiger partial charge in [0.15, 0.2) is 29.1 Å². The lowest BCUT2D eigenvalue weighted by Crippen LogP contribution is -2.38. The fourth-order valence-electron chi connectivity index (χ4n) is 2.45. The number of rotatable bonds is 3. The minimum absolute atomic E-state index is 0.000626. The third-order valence-electron chi connectivity index (χ3n) is 3.61. The van der Waals surface area contributed by atoms with E-state index in [1.165, 1.54) is 0 Å². The number of nitrogen functional groups attached to an aromatic ring is 1. The lowest BCUT2D eigenvalue weighted by Gasteiger charge is -2.21. The van der Waals surface area contributed by atoms with Crippen LogP contribution in [0.1, 0.15) is 6.23 Å². The van der Waals surface area contributed by atoms with E-state index < -0.39 is 44.1 Å². The predicted octanol–water partition coefficient (Wildman–Crippen LogP) is -2.34. The van der Waals surface area contributed by atoms with E-state index in [1.54, 1.807) is 0 Å². The second-order valence-corrected chi connectivity index (χ2v) is 6.88. The Balaban J connectivity index is 2.00. The van der Waals surface area contributed by atoms with Crippen molar-refractivity contribution in [1.29, 1.82) is 0 Å². The number of nitrogens with zero attached hydrogens (tertiary/aromatic N) is 4. The second-order valence-electron chi connectivity index (χ2n) is 5.18. The van der Waals surface area contributed by atoms with E-state index in [4.69, 9.17) is 20.3 Å². The van der Waals surface area contributed by atoms with Crippen LogP contribution in [0.4, 0.5) is 10.2 Å². The number of aliphatic hydroxyl groups is 3. The van der Waals surface area contributed by atoms with E-state index in [1.807, 2.05) is 0 Å². The van der Waals surface area contributed by atoms with Gasteiger partial charge in [0.1, 0.15) is 18.3 Å². The summed E-state index contributed by atoms with van der Waals surface area (Å²) in [4.78, 5) is 28.6. The van der Waals surface area contributed by atoms with E-state index in [0.717, 1.165) is 10.9 Å². The quantitative estimate of drug-likeness (QED) is 0.252. The maximum atomic E-state index is 13.3. The zero-order chi connectivity index (χ0) is 17.8. The summed E-state index contributed by atoms with van der Waals surface area (Å²) < 4.78 is 30.6. The molecule has 0 saturated carbocycles. The Bertz CT molecular complexity index is 827. The largest absolute Gasteiger partial charge is 0.387 e. The molecule has 12 nitrogen and oxygen atoms in total. The average molecular weight is 365 g/mol. The molecule has 24 heavy (non-hydrogen) atoms. The maximum Gasteiger partial charge on any atom is 0.356 e. The molecule has 132 valence electrons. The van der Waals surface area contributed by atoms with Crippen LogP contribution < -0.4 is 5.73 Å². The second kappa shape index (κ2) is 5.67. The predicted molar refractivity (Wildman–Crippen MR) is 73.7 cm³/mol. The number of ether oxygens (including phenoxy) is 1. The first-order valence-corrected chi connectivity index (χ1v) is 8.20. The maximum absolute atomic E-state index is 13.3. The topological polar surface area (TPSA) is 197 Å². The number of halogens is 1. The van der Waals surface area contributed by atoms with Crippen molar-refractivity contribution >= 4 is 24.6 Å². The van der Waals surface area contributed by atoms with Crippen LogP contribution in [0.15, 0.2) is 6.33 Å². The first-order valence-electron chi connectivity index (χ1n) is 6.51. The Kier molecular flexibility index (Phi) is 4.04. The number of hydrogen-bond donors (Lipinski definition) is 6. The van der Waals surface area contributed by atoms with Crippen molar-refractivity contribution in [2.45, 2.75) is 30.4 Å². The Labute approximate surface area is 132 Å². The van der Waals surface area contributed by atoms with Crippen LogP contribution in [-0.4, -0.2) is 68.8 Å². The summed E-state index contributed by atoms with van der Waals surface area (Å²) in [5, 5.41) is 29.6. The molecule has 3 rings (SSSR count). The molecule has 7 N–H and O–H groups in total. The SMILES string of the molecule is Nc1nc(F)nc2c1ncn2[C@@H]1O[C@H](C(O)P(=O)(O)O)[C@@H](O)[C@@H]1O. The van der Waals surface area contributed by atoms with Crippen LogP contribution in [0.2, 0.25) is 0 Å². The van der Waals surface area contributed by atoms with Crippen LogP contribution in [0.5, 0.6) is 0 Å². The molecule has 5 atom stereocenters. The molecule has 1 unspecified atom stereocenters. The van der Waals surface area contributed by atoms with Gasteiger partial charge in [-0.05, 0) is 0 Å². The van der Waals surface area contributed by atoms with Crippen LogP contribution in [-0.2, 0) is 9.30 Å². The van der Waals surface area contributed by atoms with Crippen molar-refractivity contribution in [1.82, 2.24) is 19.5 Å². The van der Waals surface area contributed by atoms with Crippen LogP contribution in [0.25, 0.3) is 11.2 Å². The van der Waals surface area contributed by atoms with E-state index in [2.05, 4.69) is 15.0 Å². The fraction of sp³-hybridized carbons (Fsp3) is 0.500. The smallest absolute Gasteiger partial charge is 0.356 e. The third kappa shape index (κ3) is 2.65. The van der Waals surface area contributed by atoms with Crippen molar-refractivity contribution in [3.8, 4) is 0 Å². The van der Waals surface area contributed by atoms with E-state index >= 15 is 0 Å². The molecular weight excluding hydrogens is 352 g/mol. The molecule has 3 heterocycles. The lowest BCUT2D eigenvalue weighted by atomic mass is 10.1. The summed E-state index contributed by atoms with van der Waals surface area (Å²) >= 11 is 0. The Morgan fingerprint density at radius 2 is 2.00 bits per heavy atom. The van der Waals surface area contributed by atoms with Gasteiger partial charge in [-0.2, -0.15) is 14.4 Å². The molecule has 2 aromatic heterocycles. The van der Waals surface area contributed by atoms with Crippen LogP contribution >= 0.6 is 7.60 Å². The van der Waals surface area contributed by atoms with Gasteiger partial charge in [-0.15, -0.1) is 0 Å². The number of aromatic nitrogens is 4. The van der Waals surface area contributed by atoms with Gasteiger partial charge in [-0.25, -0.2) is 4.98 Å².